The van der Waals surface area contributed by atoms with Crippen LogP contribution in [0.1, 0.15) is 12.8 Å². The molecular weight excluding hydrogens is 262 g/mol. The minimum absolute atomic E-state index is 0.119. The number of rotatable bonds is 4. The second-order valence-electron chi connectivity index (χ2n) is 5.02. The van der Waals surface area contributed by atoms with Crippen molar-refractivity contribution in [1.82, 2.24) is 9.97 Å². The van der Waals surface area contributed by atoms with Crippen molar-refractivity contribution in [2.75, 3.05) is 23.9 Å². The minimum atomic E-state index is -0.119. The van der Waals surface area contributed by atoms with E-state index in [0.717, 1.165) is 35.4 Å². The highest BCUT2D eigenvalue weighted by Crippen LogP contribution is 2.33. The van der Waals surface area contributed by atoms with Crippen LogP contribution in [0.25, 0.3) is 10.2 Å². The summed E-state index contributed by atoms with van der Waals surface area (Å²) in [5.41, 5.74) is 3.41. The SMILES string of the molecule is CN(CC1CC(O)C1)c1nc(NN)nc2ccsc12. The maximum absolute atomic E-state index is 9.35. The monoisotopic (exact) mass is 279 g/mol. The number of nitrogens with one attached hydrogen (secondary N) is 1. The number of hydrogen-bond acceptors (Lipinski definition) is 7. The van der Waals surface area contributed by atoms with E-state index in [0.29, 0.717) is 11.9 Å². The Bertz CT molecular complexity index is 581. The third kappa shape index (κ3) is 2.36. The second-order valence-corrected chi connectivity index (χ2v) is 5.94. The Morgan fingerprint density at radius 3 is 3.00 bits per heavy atom. The van der Waals surface area contributed by atoms with Gasteiger partial charge in [0.15, 0.2) is 5.82 Å². The fourth-order valence-corrected chi connectivity index (χ4v) is 3.37. The average molecular weight is 279 g/mol. The number of hydrazine groups is 1. The van der Waals surface area contributed by atoms with Crippen molar-refractivity contribution in [3.05, 3.63) is 11.4 Å². The lowest BCUT2D eigenvalue weighted by Gasteiger charge is -2.34. The second kappa shape index (κ2) is 4.92. The maximum Gasteiger partial charge on any atom is 0.239 e. The molecule has 0 aromatic carbocycles. The third-order valence-electron chi connectivity index (χ3n) is 3.52. The zero-order valence-corrected chi connectivity index (χ0v) is 11.5. The van der Waals surface area contributed by atoms with Crippen molar-refractivity contribution in [3.8, 4) is 0 Å². The van der Waals surface area contributed by atoms with E-state index in [1.165, 1.54) is 0 Å². The average Bonchev–Trinajstić information content (AvgIpc) is 2.83. The van der Waals surface area contributed by atoms with Gasteiger partial charge in [0, 0.05) is 13.6 Å². The molecule has 0 aliphatic heterocycles. The first kappa shape index (κ1) is 12.6. The van der Waals surface area contributed by atoms with Crippen LogP contribution in [-0.2, 0) is 0 Å². The van der Waals surface area contributed by atoms with Crippen molar-refractivity contribution < 1.29 is 5.11 Å². The molecule has 2 heterocycles. The van der Waals surface area contributed by atoms with Crippen LogP contribution in [0.15, 0.2) is 11.4 Å². The topological polar surface area (TPSA) is 87.3 Å². The molecule has 102 valence electrons. The molecule has 0 unspecified atom stereocenters. The number of aliphatic hydroxyl groups excluding tert-OH is 1. The Morgan fingerprint density at radius 1 is 1.53 bits per heavy atom. The van der Waals surface area contributed by atoms with Gasteiger partial charge in [-0.15, -0.1) is 11.3 Å². The molecule has 0 bridgehead atoms. The van der Waals surface area contributed by atoms with Crippen LogP contribution >= 0.6 is 11.3 Å². The van der Waals surface area contributed by atoms with Gasteiger partial charge in [-0.05, 0) is 30.2 Å². The third-order valence-corrected chi connectivity index (χ3v) is 4.42. The van der Waals surface area contributed by atoms with E-state index in [2.05, 4.69) is 20.3 Å². The first-order chi connectivity index (χ1) is 9.17. The van der Waals surface area contributed by atoms with Crippen LogP contribution in [0.3, 0.4) is 0 Å². The molecule has 0 amide bonds. The lowest BCUT2D eigenvalue weighted by molar-refractivity contribution is 0.0464. The predicted molar refractivity (Wildman–Crippen MR) is 77.2 cm³/mol. The van der Waals surface area contributed by atoms with E-state index >= 15 is 0 Å². The number of nitrogens with two attached hydrogens (primary N) is 1. The molecule has 1 aliphatic carbocycles. The summed E-state index contributed by atoms with van der Waals surface area (Å²) in [4.78, 5) is 10.9. The number of fused-ring (bicyclic) bond motifs is 1. The Morgan fingerprint density at radius 2 is 2.32 bits per heavy atom. The van der Waals surface area contributed by atoms with E-state index < -0.39 is 0 Å². The molecule has 19 heavy (non-hydrogen) atoms. The van der Waals surface area contributed by atoms with Crippen molar-refractivity contribution >= 4 is 33.3 Å². The van der Waals surface area contributed by atoms with Crippen LogP contribution in [0.2, 0.25) is 0 Å². The maximum atomic E-state index is 9.35. The number of thiophene rings is 1. The summed E-state index contributed by atoms with van der Waals surface area (Å²) in [5, 5.41) is 11.4. The standard InChI is InChI=1S/C12H17N5OS/c1-17(6-7-4-8(18)5-7)11-10-9(2-3-19-10)14-12(15-11)16-13/h2-3,7-8,18H,4-6,13H2,1H3,(H,14,15,16). The number of aromatic nitrogens is 2. The lowest BCUT2D eigenvalue weighted by Crippen LogP contribution is -2.37. The van der Waals surface area contributed by atoms with E-state index in [1.54, 1.807) is 11.3 Å². The van der Waals surface area contributed by atoms with Crippen LogP contribution < -0.4 is 16.2 Å². The molecule has 3 rings (SSSR count). The van der Waals surface area contributed by atoms with Gasteiger partial charge in [0.2, 0.25) is 5.95 Å². The Kier molecular flexibility index (Phi) is 3.26. The smallest absolute Gasteiger partial charge is 0.239 e. The summed E-state index contributed by atoms with van der Waals surface area (Å²) in [6.45, 7) is 0.894. The van der Waals surface area contributed by atoms with Crippen LogP contribution in [0.5, 0.6) is 0 Å². The predicted octanol–water partition coefficient (Wildman–Crippen LogP) is 1.18. The van der Waals surface area contributed by atoms with Gasteiger partial charge in [0.25, 0.3) is 0 Å². The zero-order chi connectivity index (χ0) is 13.4. The van der Waals surface area contributed by atoms with Gasteiger partial charge < -0.3 is 10.0 Å². The van der Waals surface area contributed by atoms with E-state index in [9.17, 15) is 5.11 Å². The van der Waals surface area contributed by atoms with Gasteiger partial charge in [0.1, 0.15) is 0 Å². The van der Waals surface area contributed by atoms with E-state index in [1.807, 2.05) is 18.5 Å². The molecule has 0 radical (unpaired) electrons. The molecule has 0 atom stereocenters. The fourth-order valence-electron chi connectivity index (χ4n) is 2.49. The number of anilines is 2. The summed E-state index contributed by atoms with van der Waals surface area (Å²) in [6.07, 6.45) is 1.64. The van der Waals surface area contributed by atoms with Crippen LogP contribution in [0.4, 0.5) is 11.8 Å². The largest absolute Gasteiger partial charge is 0.393 e. The number of nitrogens with zero attached hydrogens (tertiary/aromatic N) is 3. The molecule has 1 fully saturated rings. The summed E-state index contributed by atoms with van der Waals surface area (Å²) in [7, 11) is 2.02. The summed E-state index contributed by atoms with van der Waals surface area (Å²) in [5.74, 6) is 7.28. The number of aliphatic hydroxyl groups is 1. The highest BCUT2D eigenvalue weighted by atomic mass is 32.1. The molecule has 1 aliphatic rings. The molecule has 0 saturated heterocycles. The zero-order valence-electron chi connectivity index (χ0n) is 10.7. The van der Waals surface area contributed by atoms with Gasteiger partial charge in [-0.3, -0.25) is 5.43 Å². The quantitative estimate of drug-likeness (QED) is 0.575. The normalized spacial score (nSPS) is 22.3. The Hall–Kier alpha value is -1.44. The van der Waals surface area contributed by atoms with Crippen LogP contribution in [-0.4, -0.2) is 34.8 Å². The number of nitrogen functional groups attached to an aromatic ring is 1. The molecular formula is C12H17N5OS. The first-order valence-corrected chi connectivity index (χ1v) is 7.16. The van der Waals surface area contributed by atoms with Crippen molar-refractivity contribution in [2.24, 2.45) is 11.8 Å². The van der Waals surface area contributed by atoms with Crippen molar-refractivity contribution in [2.45, 2.75) is 18.9 Å². The van der Waals surface area contributed by atoms with Gasteiger partial charge in [-0.1, -0.05) is 0 Å². The van der Waals surface area contributed by atoms with Gasteiger partial charge in [-0.25, -0.2) is 10.8 Å². The van der Waals surface area contributed by atoms with E-state index in [-0.39, 0.29) is 6.10 Å². The van der Waals surface area contributed by atoms with Gasteiger partial charge in [-0.2, -0.15) is 4.98 Å². The summed E-state index contributed by atoms with van der Waals surface area (Å²) in [6, 6.07) is 1.97. The van der Waals surface area contributed by atoms with Gasteiger partial charge >= 0.3 is 0 Å². The highest BCUT2D eigenvalue weighted by Gasteiger charge is 2.28. The first-order valence-electron chi connectivity index (χ1n) is 6.28. The molecule has 4 N–H and O–H groups in total. The van der Waals surface area contributed by atoms with Crippen molar-refractivity contribution in [1.29, 1.82) is 0 Å². The number of hydrogen-bond donors (Lipinski definition) is 3. The van der Waals surface area contributed by atoms with Crippen LogP contribution in [0, 0.1) is 5.92 Å². The molecule has 2 aromatic rings. The molecule has 7 heteroatoms. The Labute approximate surface area is 115 Å². The summed E-state index contributed by atoms with van der Waals surface area (Å²) < 4.78 is 1.07. The minimum Gasteiger partial charge on any atom is -0.393 e. The Balaban J connectivity index is 1.87. The highest BCUT2D eigenvalue weighted by molar-refractivity contribution is 7.17. The van der Waals surface area contributed by atoms with Crippen molar-refractivity contribution in [3.63, 3.8) is 0 Å². The van der Waals surface area contributed by atoms with E-state index in [4.69, 9.17) is 5.84 Å². The molecule has 1 saturated carbocycles. The fraction of sp³-hybridized carbons (Fsp3) is 0.500. The molecule has 2 aromatic heterocycles. The summed E-state index contributed by atoms with van der Waals surface area (Å²) >= 11 is 1.63. The lowest BCUT2D eigenvalue weighted by atomic mass is 9.82. The molecule has 6 nitrogen and oxygen atoms in total. The molecule has 0 spiro atoms. The van der Waals surface area contributed by atoms with Gasteiger partial charge in [0.05, 0.1) is 16.3 Å².